The minimum absolute atomic E-state index is 0.0383. The first-order chi connectivity index (χ1) is 7.36. The quantitative estimate of drug-likeness (QED) is 0.793. The van der Waals surface area contributed by atoms with E-state index in [-0.39, 0.29) is 6.03 Å². The molecule has 2 rings (SSSR count). The number of nitrogens with one attached hydrogen (secondary N) is 1. The average molecular weight is 205 g/mol. The number of rotatable bonds is 2. The molecule has 80 valence electrons. The van der Waals surface area contributed by atoms with E-state index in [4.69, 9.17) is 0 Å². The zero-order valence-electron chi connectivity index (χ0n) is 8.65. The van der Waals surface area contributed by atoms with Gasteiger partial charge in [-0.25, -0.2) is 4.79 Å². The van der Waals surface area contributed by atoms with E-state index < -0.39 is 0 Å². The number of urea groups is 1. The van der Waals surface area contributed by atoms with Gasteiger partial charge in [0.05, 0.1) is 0 Å². The summed E-state index contributed by atoms with van der Waals surface area (Å²) in [7, 11) is 0. The van der Waals surface area contributed by atoms with Crippen LogP contribution < -0.4 is 5.32 Å². The van der Waals surface area contributed by atoms with Gasteiger partial charge in [0.1, 0.15) is 0 Å². The molecule has 0 atom stereocenters. The first-order valence-corrected chi connectivity index (χ1v) is 5.28. The maximum Gasteiger partial charge on any atom is 0.317 e. The lowest BCUT2D eigenvalue weighted by Gasteiger charge is -2.15. The highest BCUT2D eigenvalue weighted by Crippen LogP contribution is 2.07. The zero-order chi connectivity index (χ0) is 10.5. The summed E-state index contributed by atoms with van der Waals surface area (Å²) in [4.78, 5) is 17.5. The fourth-order valence-electron chi connectivity index (χ4n) is 1.71. The maximum atomic E-state index is 11.6. The van der Waals surface area contributed by atoms with Crippen molar-refractivity contribution in [3.05, 3.63) is 30.1 Å². The Morgan fingerprint density at radius 2 is 2.27 bits per heavy atom. The molecule has 0 aromatic carbocycles. The third kappa shape index (κ3) is 2.68. The SMILES string of the molecule is O=C(NCc1cccnc1)N1CCCC1. The number of nitrogens with zero attached hydrogens (tertiary/aromatic N) is 2. The van der Waals surface area contributed by atoms with Crippen molar-refractivity contribution in [3.8, 4) is 0 Å². The van der Waals surface area contributed by atoms with Gasteiger partial charge in [-0.3, -0.25) is 4.98 Å². The molecule has 1 fully saturated rings. The molecular formula is C11H15N3O. The summed E-state index contributed by atoms with van der Waals surface area (Å²) < 4.78 is 0. The van der Waals surface area contributed by atoms with Crippen molar-refractivity contribution in [1.82, 2.24) is 15.2 Å². The van der Waals surface area contributed by atoms with E-state index in [1.54, 1.807) is 12.4 Å². The van der Waals surface area contributed by atoms with E-state index in [1.807, 2.05) is 17.0 Å². The van der Waals surface area contributed by atoms with Crippen LogP contribution in [-0.4, -0.2) is 29.0 Å². The summed E-state index contributed by atoms with van der Waals surface area (Å²) in [6, 6.07) is 3.87. The van der Waals surface area contributed by atoms with Crippen molar-refractivity contribution < 1.29 is 4.79 Å². The first kappa shape index (κ1) is 9.96. The number of carbonyl (C=O) groups excluding carboxylic acids is 1. The molecule has 1 saturated heterocycles. The van der Waals surface area contributed by atoms with Crippen LogP contribution in [0.1, 0.15) is 18.4 Å². The number of likely N-dealkylation sites (tertiary alicyclic amines) is 1. The molecule has 0 aliphatic carbocycles. The molecule has 4 heteroatoms. The van der Waals surface area contributed by atoms with Crippen LogP contribution in [0.15, 0.2) is 24.5 Å². The number of amides is 2. The molecule has 0 spiro atoms. The first-order valence-electron chi connectivity index (χ1n) is 5.28. The highest BCUT2D eigenvalue weighted by Gasteiger charge is 2.16. The third-order valence-electron chi connectivity index (χ3n) is 2.56. The van der Waals surface area contributed by atoms with Gasteiger partial charge < -0.3 is 10.2 Å². The van der Waals surface area contributed by atoms with Crippen LogP contribution in [0.4, 0.5) is 4.79 Å². The monoisotopic (exact) mass is 205 g/mol. The van der Waals surface area contributed by atoms with E-state index in [1.165, 1.54) is 0 Å². The molecule has 2 heterocycles. The van der Waals surface area contributed by atoms with Gasteiger partial charge in [-0.15, -0.1) is 0 Å². The van der Waals surface area contributed by atoms with Crippen LogP contribution in [0.3, 0.4) is 0 Å². The number of aromatic nitrogens is 1. The summed E-state index contributed by atoms with van der Waals surface area (Å²) >= 11 is 0. The van der Waals surface area contributed by atoms with Crippen LogP contribution in [0.2, 0.25) is 0 Å². The van der Waals surface area contributed by atoms with Crippen LogP contribution >= 0.6 is 0 Å². The van der Waals surface area contributed by atoms with Crippen molar-refractivity contribution in [2.75, 3.05) is 13.1 Å². The number of pyridine rings is 1. The molecule has 1 aromatic rings. The standard InChI is InChI=1S/C11H15N3O/c15-11(14-6-1-2-7-14)13-9-10-4-3-5-12-8-10/h3-5,8H,1-2,6-7,9H2,(H,13,15). The Labute approximate surface area is 89.3 Å². The van der Waals surface area contributed by atoms with Gasteiger partial charge in [0.2, 0.25) is 0 Å². The van der Waals surface area contributed by atoms with Crippen molar-refractivity contribution in [1.29, 1.82) is 0 Å². The molecule has 0 radical (unpaired) electrons. The van der Waals surface area contributed by atoms with Gasteiger partial charge in [-0.1, -0.05) is 6.07 Å². The van der Waals surface area contributed by atoms with Gasteiger partial charge >= 0.3 is 6.03 Å². The van der Waals surface area contributed by atoms with E-state index >= 15 is 0 Å². The lowest BCUT2D eigenvalue weighted by atomic mass is 10.3. The summed E-state index contributed by atoms with van der Waals surface area (Å²) in [6.45, 7) is 2.33. The Balaban J connectivity index is 1.80. The van der Waals surface area contributed by atoms with Crippen LogP contribution in [-0.2, 0) is 6.54 Å². The minimum Gasteiger partial charge on any atom is -0.334 e. The normalized spacial score (nSPS) is 15.3. The summed E-state index contributed by atoms with van der Waals surface area (Å²) in [6.07, 6.45) is 5.75. The molecule has 1 aliphatic rings. The molecule has 1 N–H and O–H groups in total. The van der Waals surface area contributed by atoms with Gasteiger partial charge in [0, 0.05) is 32.0 Å². The van der Waals surface area contributed by atoms with E-state index in [2.05, 4.69) is 10.3 Å². The molecule has 4 nitrogen and oxygen atoms in total. The number of hydrogen-bond acceptors (Lipinski definition) is 2. The predicted octanol–water partition coefficient (Wildman–Crippen LogP) is 1.39. The van der Waals surface area contributed by atoms with Gasteiger partial charge in [-0.2, -0.15) is 0 Å². The zero-order valence-corrected chi connectivity index (χ0v) is 8.65. The van der Waals surface area contributed by atoms with Crippen molar-refractivity contribution in [2.45, 2.75) is 19.4 Å². The second kappa shape index (κ2) is 4.77. The smallest absolute Gasteiger partial charge is 0.317 e. The highest BCUT2D eigenvalue weighted by atomic mass is 16.2. The van der Waals surface area contributed by atoms with E-state index in [9.17, 15) is 4.79 Å². The number of carbonyl (C=O) groups is 1. The predicted molar refractivity (Wildman–Crippen MR) is 57.3 cm³/mol. The topological polar surface area (TPSA) is 45.2 Å². The molecule has 2 amide bonds. The Morgan fingerprint density at radius 3 is 2.93 bits per heavy atom. The fourth-order valence-corrected chi connectivity index (χ4v) is 1.71. The molecule has 1 aliphatic heterocycles. The Bertz CT molecular complexity index is 320. The molecule has 1 aromatic heterocycles. The maximum absolute atomic E-state index is 11.6. The van der Waals surface area contributed by atoms with Gasteiger partial charge in [0.25, 0.3) is 0 Å². The van der Waals surface area contributed by atoms with Crippen molar-refractivity contribution in [2.24, 2.45) is 0 Å². The van der Waals surface area contributed by atoms with E-state index in [0.717, 1.165) is 31.5 Å². The largest absolute Gasteiger partial charge is 0.334 e. The minimum atomic E-state index is 0.0383. The van der Waals surface area contributed by atoms with Crippen molar-refractivity contribution >= 4 is 6.03 Å². The molecule has 0 unspecified atom stereocenters. The van der Waals surface area contributed by atoms with Crippen LogP contribution in [0.5, 0.6) is 0 Å². The van der Waals surface area contributed by atoms with Crippen LogP contribution in [0, 0.1) is 0 Å². The fraction of sp³-hybridized carbons (Fsp3) is 0.455. The summed E-state index contributed by atoms with van der Waals surface area (Å²) in [5.41, 5.74) is 1.03. The van der Waals surface area contributed by atoms with Gasteiger partial charge in [-0.05, 0) is 24.5 Å². The second-order valence-corrected chi connectivity index (χ2v) is 3.71. The molecular weight excluding hydrogens is 190 g/mol. The second-order valence-electron chi connectivity index (χ2n) is 3.71. The highest BCUT2D eigenvalue weighted by molar-refractivity contribution is 5.74. The molecule has 15 heavy (non-hydrogen) atoms. The average Bonchev–Trinajstić information content (AvgIpc) is 2.81. The lowest BCUT2D eigenvalue weighted by Crippen LogP contribution is -2.37. The van der Waals surface area contributed by atoms with E-state index in [0.29, 0.717) is 6.54 Å². The Kier molecular flexibility index (Phi) is 3.17. The van der Waals surface area contributed by atoms with Crippen LogP contribution in [0.25, 0.3) is 0 Å². The molecule has 0 bridgehead atoms. The van der Waals surface area contributed by atoms with Crippen molar-refractivity contribution in [3.63, 3.8) is 0 Å². The summed E-state index contributed by atoms with van der Waals surface area (Å²) in [5, 5.41) is 2.89. The number of hydrogen-bond donors (Lipinski definition) is 1. The molecule has 0 saturated carbocycles. The lowest BCUT2D eigenvalue weighted by molar-refractivity contribution is 0.208. The Hall–Kier alpha value is -1.58. The van der Waals surface area contributed by atoms with Gasteiger partial charge in [0.15, 0.2) is 0 Å². The third-order valence-corrected chi connectivity index (χ3v) is 2.56. The Morgan fingerprint density at radius 1 is 1.47 bits per heavy atom. The summed E-state index contributed by atoms with van der Waals surface area (Å²) in [5.74, 6) is 0.